The van der Waals surface area contributed by atoms with Crippen LogP contribution in [0.15, 0.2) is 47.3 Å². The Morgan fingerprint density at radius 3 is 2.68 bits per heavy atom. The molecule has 0 unspecified atom stereocenters. The van der Waals surface area contributed by atoms with E-state index >= 15 is 0 Å². The summed E-state index contributed by atoms with van der Waals surface area (Å²) in [5, 5.41) is 33.5. The third-order valence-electron chi connectivity index (χ3n) is 3.79. The predicted molar refractivity (Wildman–Crippen MR) is 93.9 cm³/mol. The first-order chi connectivity index (χ1) is 12.0. The minimum Gasteiger partial charge on any atom is -0.503 e. The highest BCUT2D eigenvalue weighted by atomic mass is 16.6. The van der Waals surface area contributed by atoms with Gasteiger partial charge >= 0.3 is 0 Å². The number of benzene rings is 2. The molecule has 4 N–H and O–H groups in total. The number of nitrogens with zero attached hydrogens (tertiary/aromatic N) is 1. The van der Waals surface area contributed by atoms with Gasteiger partial charge in [-0.1, -0.05) is 18.2 Å². The summed E-state index contributed by atoms with van der Waals surface area (Å²) in [6.07, 6.45) is 0. The molecule has 0 aliphatic heterocycles. The number of para-hydroxylation sites is 1. The van der Waals surface area contributed by atoms with E-state index in [2.05, 4.69) is 10.3 Å². The van der Waals surface area contributed by atoms with E-state index in [0.29, 0.717) is 16.5 Å². The lowest BCUT2D eigenvalue weighted by molar-refractivity contribution is -0.383. The number of hydrogen-bond acceptors (Lipinski definition) is 6. The van der Waals surface area contributed by atoms with Crippen LogP contribution < -0.4 is 10.7 Å². The zero-order valence-corrected chi connectivity index (χ0v) is 13.0. The van der Waals surface area contributed by atoms with E-state index in [0.717, 1.165) is 0 Å². The van der Waals surface area contributed by atoms with Gasteiger partial charge in [-0.15, -0.1) is 0 Å². The second-order valence-corrected chi connectivity index (χ2v) is 5.36. The number of nitrogens with one attached hydrogen (secondary N) is 2. The Balaban J connectivity index is 2.18. The van der Waals surface area contributed by atoms with Gasteiger partial charge in [-0.2, -0.15) is 0 Å². The van der Waals surface area contributed by atoms with Gasteiger partial charge in [0.2, 0.25) is 5.43 Å². The molecule has 1 aromatic heterocycles. The van der Waals surface area contributed by atoms with Crippen LogP contribution >= 0.6 is 0 Å². The van der Waals surface area contributed by atoms with Crippen LogP contribution in [0.5, 0.6) is 5.75 Å². The molecule has 3 aromatic rings. The molecule has 0 saturated carbocycles. The fraction of sp³-hybridized carbons (Fsp3) is 0.118. The molecule has 0 spiro atoms. The summed E-state index contributed by atoms with van der Waals surface area (Å²) in [7, 11) is 0. The van der Waals surface area contributed by atoms with Gasteiger partial charge in [-0.05, 0) is 18.2 Å². The monoisotopic (exact) mass is 341 g/mol. The molecule has 3 rings (SSSR count). The third kappa shape index (κ3) is 3.02. The fourth-order valence-corrected chi connectivity index (χ4v) is 2.61. The van der Waals surface area contributed by atoms with E-state index < -0.39 is 16.1 Å². The highest BCUT2D eigenvalue weighted by Gasteiger charge is 2.18. The molecule has 0 saturated heterocycles. The van der Waals surface area contributed by atoms with Crippen molar-refractivity contribution in [2.24, 2.45) is 0 Å². The number of rotatable bonds is 5. The Hall–Kier alpha value is -3.39. The lowest BCUT2D eigenvalue weighted by Gasteiger charge is -2.10. The summed E-state index contributed by atoms with van der Waals surface area (Å²) in [5.41, 5.74) is 0.409. The summed E-state index contributed by atoms with van der Waals surface area (Å²) in [5.74, 6) is -0.496. The van der Waals surface area contributed by atoms with Crippen LogP contribution in [0.2, 0.25) is 0 Å². The van der Waals surface area contributed by atoms with Crippen LogP contribution in [0, 0.1) is 10.1 Å². The van der Waals surface area contributed by atoms with Crippen molar-refractivity contribution >= 4 is 22.3 Å². The molecular formula is C17H15N3O5. The minimum absolute atomic E-state index is 0.112. The second kappa shape index (κ2) is 6.62. The number of aromatic hydroxyl groups is 1. The van der Waals surface area contributed by atoms with Crippen LogP contribution in [0.3, 0.4) is 0 Å². The Kier molecular flexibility index (Phi) is 4.36. The van der Waals surface area contributed by atoms with Crippen molar-refractivity contribution in [1.82, 2.24) is 4.98 Å². The van der Waals surface area contributed by atoms with Crippen molar-refractivity contribution in [2.75, 3.05) is 18.5 Å². The quantitative estimate of drug-likeness (QED) is 0.416. The van der Waals surface area contributed by atoms with Gasteiger partial charge in [0.25, 0.3) is 5.69 Å². The Labute approximate surface area is 141 Å². The molecule has 0 aliphatic carbocycles. The molecule has 0 radical (unpaired) electrons. The molecule has 0 atom stereocenters. The average molecular weight is 341 g/mol. The largest absolute Gasteiger partial charge is 0.503 e. The van der Waals surface area contributed by atoms with E-state index in [1.807, 2.05) is 0 Å². The number of aliphatic hydroxyl groups excluding tert-OH is 1. The predicted octanol–water partition coefficient (Wildman–Crippen LogP) is 2.21. The molecular weight excluding hydrogens is 326 g/mol. The van der Waals surface area contributed by atoms with Crippen molar-refractivity contribution < 1.29 is 15.1 Å². The number of aromatic amines is 1. The maximum atomic E-state index is 12.3. The number of nitro groups is 1. The first-order valence-corrected chi connectivity index (χ1v) is 7.50. The first kappa shape index (κ1) is 16.5. The zero-order chi connectivity index (χ0) is 18.0. The number of anilines is 1. The van der Waals surface area contributed by atoms with Crippen molar-refractivity contribution in [3.8, 4) is 17.0 Å². The van der Waals surface area contributed by atoms with Gasteiger partial charge in [0.05, 0.1) is 17.2 Å². The maximum absolute atomic E-state index is 12.3. The number of aliphatic hydroxyl groups is 1. The fourth-order valence-electron chi connectivity index (χ4n) is 2.61. The number of pyridine rings is 1. The van der Waals surface area contributed by atoms with Gasteiger partial charge in [-0.25, -0.2) is 0 Å². The number of hydrogen-bond donors (Lipinski definition) is 4. The maximum Gasteiger partial charge on any atom is 0.292 e. The van der Waals surface area contributed by atoms with Crippen molar-refractivity contribution in [2.45, 2.75) is 0 Å². The third-order valence-corrected chi connectivity index (χ3v) is 3.79. The summed E-state index contributed by atoms with van der Waals surface area (Å²) in [6, 6.07) is 11.0. The summed E-state index contributed by atoms with van der Waals surface area (Å²) in [4.78, 5) is 26.0. The molecule has 2 aromatic carbocycles. The van der Waals surface area contributed by atoms with Gasteiger partial charge in [0, 0.05) is 29.1 Å². The first-order valence-electron chi connectivity index (χ1n) is 7.50. The van der Waals surface area contributed by atoms with Gasteiger partial charge < -0.3 is 20.5 Å². The van der Waals surface area contributed by atoms with Gasteiger partial charge in [0.1, 0.15) is 5.69 Å². The van der Waals surface area contributed by atoms with Crippen molar-refractivity contribution in [1.29, 1.82) is 0 Å². The number of H-pyrrole nitrogens is 1. The van der Waals surface area contributed by atoms with E-state index in [1.54, 1.807) is 30.3 Å². The molecule has 0 fully saturated rings. The zero-order valence-electron chi connectivity index (χ0n) is 13.0. The van der Waals surface area contributed by atoms with Gasteiger partial charge in [-0.3, -0.25) is 14.9 Å². The summed E-state index contributed by atoms with van der Waals surface area (Å²) < 4.78 is 0. The summed E-state index contributed by atoms with van der Waals surface area (Å²) in [6.45, 7) is -0.00404. The highest BCUT2D eigenvalue weighted by Crippen LogP contribution is 2.33. The standard InChI is InChI=1S/C17H15N3O5/c21-8-7-18-13-6-5-10(9-14(13)20(24)25)15-17(23)16(22)11-3-1-2-4-12(11)19-15/h1-6,9,18,21,23H,7-8H2,(H,19,22). The minimum atomic E-state index is -0.570. The van der Waals surface area contributed by atoms with Crippen molar-refractivity contribution in [3.63, 3.8) is 0 Å². The number of fused-ring (bicyclic) bond motifs is 1. The summed E-state index contributed by atoms with van der Waals surface area (Å²) >= 11 is 0. The topological polar surface area (TPSA) is 128 Å². The molecule has 0 aliphatic rings. The van der Waals surface area contributed by atoms with E-state index in [1.165, 1.54) is 12.1 Å². The molecule has 25 heavy (non-hydrogen) atoms. The molecule has 0 bridgehead atoms. The molecule has 1 heterocycles. The SMILES string of the molecule is O=c1c(O)c(-c2ccc(NCCO)c([N+](=O)[O-])c2)[nH]c2ccccc12. The van der Waals surface area contributed by atoms with Crippen LogP contribution in [-0.4, -0.2) is 33.3 Å². The molecule has 8 heteroatoms. The van der Waals surface area contributed by atoms with E-state index in [9.17, 15) is 20.0 Å². The lowest BCUT2D eigenvalue weighted by atomic mass is 10.1. The molecule has 8 nitrogen and oxygen atoms in total. The Morgan fingerprint density at radius 2 is 1.96 bits per heavy atom. The van der Waals surface area contributed by atoms with Crippen LogP contribution in [0.25, 0.3) is 22.2 Å². The Bertz CT molecular complexity index is 1010. The number of nitro benzene ring substituents is 1. The van der Waals surface area contributed by atoms with Crippen LogP contribution in [0.1, 0.15) is 0 Å². The van der Waals surface area contributed by atoms with Crippen LogP contribution in [0.4, 0.5) is 11.4 Å². The highest BCUT2D eigenvalue weighted by molar-refractivity contribution is 5.85. The average Bonchev–Trinajstić information content (AvgIpc) is 2.63. The molecule has 0 amide bonds. The lowest BCUT2D eigenvalue weighted by Crippen LogP contribution is -2.08. The smallest absolute Gasteiger partial charge is 0.292 e. The van der Waals surface area contributed by atoms with Crippen molar-refractivity contribution in [3.05, 3.63) is 62.8 Å². The second-order valence-electron chi connectivity index (χ2n) is 5.36. The van der Waals surface area contributed by atoms with Gasteiger partial charge in [0.15, 0.2) is 5.75 Å². The number of aromatic nitrogens is 1. The molecule has 128 valence electrons. The van der Waals surface area contributed by atoms with E-state index in [-0.39, 0.29) is 30.2 Å². The normalized spacial score (nSPS) is 10.8. The van der Waals surface area contributed by atoms with E-state index in [4.69, 9.17) is 5.11 Å². The van der Waals surface area contributed by atoms with Crippen LogP contribution in [-0.2, 0) is 0 Å². The Morgan fingerprint density at radius 1 is 1.20 bits per heavy atom.